The van der Waals surface area contributed by atoms with Gasteiger partial charge in [0.2, 0.25) is 0 Å². The zero-order valence-electron chi connectivity index (χ0n) is 10.3. The lowest BCUT2D eigenvalue weighted by Crippen LogP contribution is -2.28. The summed E-state index contributed by atoms with van der Waals surface area (Å²) in [6.45, 7) is 1.95. The van der Waals surface area contributed by atoms with Crippen molar-refractivity contribution in [3.63, 3.8) is 0 Å². The second-order valence-corrected chi connectivity index (χ2v) is 4.97. The fraction of sp³-hybridized carbons (Fsp3) is 0.231. The molecule has 0 spiro atoms. The molecule has 1 atom stereocenters. The minimum atomic E-state index is -0.353. The number of rotatable bonds is 4. The van der Waals surface area contributed by atoms with Gasteiger partial charge in [0.05, 0.1) is 6.04 Å². The summed E-state index contributed by atoms with van der Waals surface area (Å²) in [6.07, 6.45) is 2.40. The number of carbonyl (C=O) groups is 1. The molecular formula is C13H14N2O3S. The first-order valence-electron chi connectivity index (χ1n) is 5.83. The van der Waals surface area contributed by atoms with Crippen LogP contribution in [0.3, 0.4) is 0 Å². The summed E-state index contributed by atoms with van der Waals surface area (Å²) in [7, 11) is 0. The molecule has 3 N–H and O–H groups in total. The zero-order valence-corrected chi connectivity index (χ0v) is 11.1. The molecule has 19 heavy (non-hydrogen) atoms. The van der Waals surface area contributed by atoms with Crippen molar-refractivity contribution in [3.05, 3.63) is 40.3 Å². The van der Waals surface area contributed by atoms with E-state index in [1.807, 2.05) is 12.3 Å². The van der Waals surface area contributed by atoms with Gasteiger partial charge in [-0.05, 0) is 18.6 Å². The number of phenolic OH excluding ortho intramolecular Hbond substituents is 2. The highest BCUT2D eigenvalue weighted by molar-refractivity contribution is 7.09. The van der Waals surface area contributed by atoms with Crippen LogP contribution in [-0.2, 0) is 0 Å². The van der Waals surface area contributed by atoms with Gasteiger partial charge < -0.3 is 15.5 Å². The fourth-order valence-electron chi connectivity index (χ4n) is 1.71. The average molecular weight is 278 g/mol. The summed E-state index contributed by atoms with van der Waals surface area (Å²) in [5, 5.41) is 24.2. The van der Waals surface area contributed by atoms with Crippen LogP contribution in [0.5, 0.6) is 11.5 Å². The molecule has 1 heterocycles. The van der Waals surface area contributed by atoms with Crippen molar-refractivity contribution in [3.8, 4) is 11.5 Å². The summed E-state index contributed by atoms with van der Waals surface area (Å²) >= 11 is 1.47. The summed E-state index contributed by atoms with van der Waals surface area (Å²) < 4.78 is 0. The summed E-state index contributed by atoms with van der Waals surface area (Å²) in [5.41, 5.74) is 0.215. The van der Waals surface area contributed by atoms with Gasteiger partial charge in [0.25, 0.3) is 5.91 Å². The van der Waals surface area contributed by atoms with Crippen LogP contribution in [0.2, 0.25) is 0 Å². The van der Waals surface area contributed by atoms with E-state index >= 15 is 0 Å². The Balaban J connectivity index is 2.15. The van der Waals surface area contributed by atoms with Gasteiger partial charge >= 0.3 is 0 Å². The van der Waals surface area contributed by atoms with Crippen LogP contribution < -0.4 is 5.32 Å². The number of phenols is 2. The molecule has 1 amide bonds. The minimum absolute atomic E-state index is 0.146. The van der Waals surface area contributed by atoms with E-state index in [1.54, 1.807) is 6.20 Å². The largest absolute Gasteiger partial charge is 0.508 e. The highest BCUT2D eigenvalue weighted by Gasteiger charge is 2.16. The number of hydrogen-bond donors (Lipinski definition) is 3. The quantitative estimate of drug-likeness (QED) is 0.802. The van der Waals surface area contributed by atoms with Crippen molar-refractivity contribution in [2.45, 2.75) is 19.4 Å². The maximum atomic E-state index is 12.1. The van der Waals surface area contributed by atoms with Crippen molar-refractivity contribution in [2.75, 3.05) is 0 Å². The topological polar surface area (TPSA) is 82.5 Å². The number of amides is 1. The van der Waals surface area contributed by atoms with Gasteiger partial charge in [-0.1, -0.05) is 6.92 Å². The summed E-state index contributed by atoms with van der Waals surface area (Å²) in [4.78, 5) is 16.2. The SMILES string of the molecule is CCC(NC(=O)c1cc(O)cc(O)c1)c1nccs1. The van der Waals surface area contributed by atoms with E-state index in [9.17, 15) is 15.0 Å². The van der Waals surface area contributed by atoms with Crippen LogP contribution in [0.1, 0.15) is 34.8 Å². The molecule has 6 heteroatoms. The number of nitrogens with zero attached hydrogens (tertiary/aromatic N) is 1. The number of aromatic hydroxyl groups is 2. The van der Waals surface area contributed by atoms with Crippen molar-refractivity contribution in [1.82, 2.24) is 10.3 Å². The highest BCUT2D eigenvalue weighted by Crippen LogP contribution is 2.23. The maximum absolute atomic E-state index is 12.1. The van der Waals surface area contributed by atoms with E-state index in [2.05, 4.69) is 10.3 Å². The van der Waals surface area contributed by atoms with Crippen molar-refractivity contribution < 1.29 is 15.0 Å². The normalized spacial score (nSPS) is 12.1. The molecule has 1 unspecified atom stereocenters. The van der Waals surface area contributed by atoms with E-state index in [0.29, 0.717) is 6.42 Å². The van der Waals surface area contributed by atoms with Gasteiger partial charge in [0.1, 0.15) is 16.5 Å². The minimum Gasteiger partial charge on any atom is -0.508 e. The fourth-order valence-corrected chi connectivity index (χ4v) is 2.49. The molecule has 1 aromatic carbocycles. The first-order chi connectivity index (χ1) is 9.10. The number of nitrogens with one attached hydrogen (secondary N) is 1. The predicted molar refractivity (Wildman–Crippen MR) is 72.4 cm³/mol. The Morgan fingerprint density at radius 3 is 2.58 bits per heavy atom. The lowest BCUT2D eigenvalue weighted by molar-refractivity contribution is 0.0934. The third kappa shape index (κ3) is 3.23. The first kappa shape index (κ1) is 13.4. The first-order valence-corrected chi connectivity index (χ1v) is 6.71. The molecule has 0 saturated heterocycles. The van der Waals surface area contributed by atoms with Gasteiger partial charge in [-0.2, -0.15) is 0 Å². The number of benzene rings is 1. The van der Waals surface area contributed by atoms with Crippen LogP contribution in [0.4, 0.5) is 0 Å². The lowest BCUT2D eigenvalue weighted by Gasteiger charge is -2.14. The van der Waals surface area contributed by atoms with Gasteiger partial charge in [0.15, 0.2) is 0 Å². The molecule has 5 nitrogen and oxygen atoms in total. The van der Waals surface area contributed by atoms with Crippen LogP contribution in [0.15, 0.2) is 29.8 Å². The second kappa shape index (κ2) is 5.71. The van der Waals surface area contributed by atoms with Gasteiger partial charge in [-0.3, -0.25) is 4.79 Å². The molecule has 2 aromatic rings. The molecule has 0 radical (unpaired) electrons. The van der Waals surface area contributed by atoms with Crippen LogP contribution in [0, 0.1) is 0 Å². The number of hydrogen-bond acceptors (Lipinski definition) is 5. The van der Waals surface area contributed by atoms with Gasteiger partial charge in [0, 0.05) is 23.2 Å². The smallest absolute Gasteiger partial charge is 0.252 e. The highest BCUT2D eigenvalue weighted by atomic mass is 32.1. The van der Waals surface area contributed by atoms with Gasteiger partial charge in [-0.15, -0.1) is 11.3 Å². The summed E-state index contributed by atoms with van der Waals surface area (Å²) in [6, 6.07) is 3.62. The Hall–Kier alpha value is -2.08. The monoisotopic (exact) mass is 278 g/mol. The molecule has 0 bridgehead atoms. The predicted octanol–water partition coefficient (Wildman–Crippen LogP) is 2.44. The molecule has 100 valence electrons. The third-order valence-corrected chi connectivity index (χ3v) is 3.52. The molecule has 2 rings (SSSR count). The Kier molecular flexibility index (Phi) is 4.01. The average Bonchev–Trinajstić information content (AvgIpc) is 2.88. The maximum Gasteiger partial charge on any atom is 0.252 e. The number of carbonyl (C=O) groups excluding carboxylic acids is 1. The second-order valence-electron chi connectivity index (χ2n) is 4.04. The Labute approximate surface area is 114 Å². The molecular weight excluding hydrogens is 264 g/mol. The zero-order chi connectivity index (χ0) is 13.8. The molecule has 0 fully saturated rings. The molecule has 0 aliphatic carbocycles. The van der Waals surface area contributed by atoms with E-state index in [1.165, 1.54) is 29.5 Å². The van der Waals surface area contributed by atoms with Crippen molar-refractivity contribution >= 4 is 17.2 Å². The van der Waals surface area contributed by atoms with E-state index in [-0.39, 0.29) is 29.0 Å². The molecule has 0 aliphatic heterocycles. The van der Waals surface area contributed by atoms with E-state index < -0.39 is 0 Å². The van der Waals surface area contributed by atoms with Crippen LogP contribution >= 0.6 is 11.3 Å². The Morgan fingerprint density at radius 1 is 1.37 bits per heavy atom. The molecule has 0 aliphatic rings. The Bertz CT molecular complexity index is 549. The van der Waals surface area contributed by atoms with Crippen LogP contribution in [0.25, 0.3) is 0 Å². The molecule has 1 aromatic heterocycles. The summed E-state index contributed by atoms with van der Waals surface area (Å²) in [5.74, 6) is -0.645. The van der Waals surface area contributed by atoms with Gasteiger partial charge in [-0.25, -0.2) is 4.98 Å². The third-order valence-electron chi connectivity index (χ3n) is 2.63. The van der Waals surface area contributed by atoms with Crippen LogP contribution in [-0.4, -0.2) is 21.1 Å². The van der Waals surface area contributed by atoms with Crippen molar-refractivity contribution in [2.24, 2.45) is 0 Å². The van der Waals surface area contributed by atoms with E-state index in [0.717, 1.165) is 5.01 Å². The standard InChI is InChI=1S/C13H14N2O3S/c1-2-11(13-14-3-4-19-13)15-12(18)8-5-9(16)7-10(17)6-8/h3-7,11,16-17H,2H2,1H3,(H,15,18). The Morgan fingerprint density at radius 2 is 2.05 bits per heavy atom. The number of thiazole rings is 1. The number of aromatic nitrogens is 1. The van der Waals surface area contributed by atoms with Crippen molar-refractivity contribution in [1.29, 1.82) is 0 Å². The van der Waals surface area contributed by atoms with E-state index in [4.69, 9.17) is 0 Å². The molecule has 0 saturated carbocycles. The lowest BCUT2D eigenvalue weighted by atomic mass is 10.1.